The summed E-state index contributed by atoms with van der Waals surface area (Å²) in [5.74, 6) is 0.875. The SMILES string of the molecule is O=C(Cn1cnc2scc(-c3ccc(Br)cc3)c2c1=O)Nc1ccc2c(c1)OCO2. The summed E-state index contributed by atoms with van der Waals surface area (Å²) in [7, 11) is 0. The van der Waals surface area contributed by atoms with Crippen LogP contribution in [0.3, 0.4) is 0 Å². The van der Waals surface area contributed by atoms with E-state index in [-0.39, 0.29) is 24.8 Å². The first-order chi connectivity index (χ1) is 14.6. The van der Waals surface area contributed by atoms with E-state index in [1.165, 1.54) is 22.2 Å². The lowest BCUT2D eigenvalue weighted by Crippen LogP contribution is -2.27. The summed E-state index contributed by atoms with van der Waals surface area (Å²) in [6.07, 6.45) is 1.41. The Morgan fingerprint density at radius 3 is 2.80 bits per heavy atom. The Kier molecular flexibility index (Phi) is 4.76. The van der Waals surface area contributed by atoms with Crippen LogP contribution in [0, 0.1) is 0 Å². The fourth-order valence-corrected chi connectivity index (χ4v) is 4.42. The van der Waals surface area contributed by atoms with Crippen molar-refractivity contribution in [1.29, 1.82) is 0 Å². The Morgan fingerprint density at radius 2 is 1.97 bits per heavy atom. The number of hydrogen-bond acceptors (Lipinski definition) is 6. The molecule has 150 valence electrons. The van der Waals surface area contributed by atoms with Crippen molar-refractivity contribution in [1.82, 2.24) is 9.55 Å². The third kappa shape index (κ3) is 3.46. The summed E-state index contributed by atoms with van der Waals surface area (Å²) in [5.41, 5.74) is 2.05. The molecule has 2 aromatic carbocycles. The molecule has 1 aliphatic heterocycles. The van der Waals surface area contributed by atoms with Crippen LogP contribution in [0.4, 0.5) is 5.69 Å². The molecule has 7 nitrogen and oxygen atoms in total. The lowest BCUT2D eigenvalue weighted by atomic mass is 10.1. The average molecular weight is 484 g/mol. The number of rotatable bonds is 4. The molecule has 2 aromatic heterocycles. The van der Waals surface area contributed by atoms with E-state index in [9.17, 15) is 9.59 Å². The van der Waals surface area contributed by atoms with Gasteiger partial charge in [0.15, 0.2) is 11.5 Å². The lowest BCUT2D eigenvalue weighted by Gasteiger charge is -2.08. The number of nitrogens with one attached hydrogen (secondary N) is 1. The quantitative estimate of drug-likeness (QED) is 0.468. The highest BCUT2D eigenvalue weighted by molar-refractivity contribution is 9.10. The van der Waals surface area contributed by atoms with Gasteiger partial charge in [0.2, 0.25) is 12.7 Å². The maximum Gasteiger partial charge on any atom is 0.263 e. The van der Waals surface area contributed by atoms with E-state index in [0.29, 0.717) is 27.4 Å². The van der Waals surface area contributed by atoms with Gasteiger partial charge in [-0.15, -0.1) is 11.3 Å². The van der Waals surface area contributed by atoms with E-state index >= 15 is 0 Å². The van der Waals surface area contributed by atoms with Gasteiger partial charge in [0.1, 0.15) is 11.4 Å². The number of halogens is 1. The highest BCUT2D eigenvalue weighted by Crippen LogP contribution is 2.34. The van der Waals surface area contributed by atoms with Gasteiger partial charge < -0.3 is 14.8 Å². The lowest BCUT2D eigenvalue weighted by molar-refractivity contribution is -0.116. The van der Waals surface area contributed by atoms with Crippen molar-refractivity contribution in [3.8, 4) is 22.6 Å². The van der Waals surface area contributed by atoms with Crippen LogP contribution in [-0.2, 0) is 11.3 Å². The van der Waals surface area contributed by atoms with Crippen LogP contribution in [0.2, 0.25) is 0 Å². The second-order valence-corrected chi connectivity index (χ2v) is 8.40. The molecule has 0 unspecified atom stereocenters. The van der Waals surface area contributed by atoms with Crippen LogP contribution in [0.25, 0.3) is 21.3 Å². The summed E-state index contributed by atoms with van der Waals surface area (Å²) in [6.45, 7) is 0.0149. The standard InChI is InChI=1S/C21H14BrN3O4S/c22-13-3-1-12(2-4-13)15-9-30-20-19(15)21(27)25(10-23-20)8-18(26)24-14-5-6-16-17(7-14)29-11-28-16/h1-7,9-10H,8,11H2,(H,24,26). The molecule has 0 bridgehead atoms. The zero-order chi connectivity index (χ0) is 20.7. The third-order valence-electron chi connectivity index (χ3n) is 4.69. The fraction of sp³-hybridized carbons (Fsp3) is 0.0952. The summed E-state index contributed by atoms with van der Waals surface area (Å²) >= 11 is 4.83. The number of nitrogens with zero attached hydrogens (tertiary/aromatic N) is 2. The number of anilines is 1. The van der Waals surface area contributed by atoms with Gasteiger partial charge in [0.05, 0.1) is 11.7 Å². The van der Waals surface area contributed by atoms with Gasteiger partial charge in [-0.25, -0.2) is 4.98 Å². The van der Waals surface area contributed by atoms with E-state index < -0.39 is 0 Å². The molecule has 30 heavy (non-hydrogen) atoms. The Morgan fingerprint density at radius 1 is 1.17 bits per heavy atom. The fourth-order valence-electron chi connectivity index (χ4n) is 3.25. The molecule has 0 aliphatic carbocycles. The molecule has 0 saturated heterocycles. The van der Waals surface area contributed by atoms with Crippen LogP contribution in [-0.4, -0.2) is 22.3 Å². The van der Waals surface area contributed by atoms with Crippen LogP contribution in [0.5, 0.6) is 11.5 Å². The largest absolute Gasteiger partial charge is 0.454 e. The number of aromatic nitrogens is 2. The zero-order valence-electron chi connectivity index (χ0n) is 15.4. The van der Waals surface area contributed by atoms with Crippen molar-refractivity contribution >= 4 is 49.1 Å². The van der Waals surface area contributed by atoms with Crippen LogP contribution < -0.4 is 20.3 Å². The minimum atomic E-state index is -0.336. The summed E-state index contributed by atoms with van der Waals surface area (Å²) in [6, 6.07) is 12.9. The predicted octanol–water partition coefficient (Wildman–Crippen LogP) is 4.25. The Bertz CT molecular complexity index is 1330. The van der Waals surface area contributed by atoms with Crippen LogP contribution in [0.15, 0.2) is 63.4 Å². The van der Waals surface area contributed by atoms with E-state index in [1.807, 2.05) is 29.6 Å². The number of ether oxygens (including phenoxy) is 2. The minimum Gasteiger partial charge on any atom is -0.454 e. The van der Waals surface area contributed by atoms with E-state index in [4.69, 9.17) is 9.47 Å². The number of thiophene rings is 1. The molecule has 5 rings (SSSR count). The van der Waals surface area contributed by atoms with Gasteiger partial charge in [-0.2, -0.15) is 0 Å². The Hall–Kier alpha value is -3.17. The smallest absolute Gasteiger partial charge is 0.263 e. The molecule has 1 amide bonds. The molecular weight excluding hydrogens is 470 g/mol. The number of amides is 1. The van der Waals surface area contributed by atoms with Gasteiger partial charge in [0.25, 0.3) is 5.56 Å². The van der Waals surface area contributed by atoms with Crippen molar-refractivity contribution in [3.63, 3.8) is 0 Å². The van der Waals surface area contributed by atoms with E-state index in [1.54, 1.807) is 18.2 Å². The Labute approximate surface area is 183 Å². The second-order valence-electron chi connectivity index (χ2n) is 6.63. The summed E-state index contributed by atoms with van der Waals surface area (Å²) in [5, 5.41) is 5.21. The Balaban J connectivity index is 1.42. The second kappa shape index (κ2) is 7.58. The summed E-state index contributed by atoms with van der Waals surface area (Å²) in [4.78, 5) is 30.6. The maximum absolute atomic E-state index is 13.1. The van der Waals surface area contributed by atoms with Gasteiger partial charge in [-0.1, -0.05) is 28.1 Å². The van der Waals surface area contributed by atoms with Gasteiger partial charge >= 0.3 is 0 Å². The highest BCUT2D eigenvalue weighted by Gasteiger charge is 2.16. The molecule has 0 saturated carbocycles. The predicted molar refractivity (Wildman–Crippen MR) is 118 cm³/mol. The molecule has 3 heterocycles. The van der Waals surface area contributed by atoms with Crippen molar-refractivity contribution in [3.05, 3.63) is 69.0 Å². The first kappa shape index (κ1) is 18.8. The normalized spacial score (nSPS) is 12.3. The molecule has 9 heteroatoms. The van der Waals surface area contributed by atoms with Crippen molar-refractivity contribution in [2.75, 3.05) is 12.1 Å². The summed E-state index contributed by atoms with van der Waals surface area (Å²) < 4.78 is 12.9. The number of hydrogen-bond donors (Lipinski definition) is 1. The molecule has 1 aliphatic rings. The van der Waals surface area contributed by atoms with Gasteiger partial charge in [0, 0.05) is 27.2 Å². The minimum absolute atomic E-state index is 0.147. The van der Waals surface area contributed by atoms with Crippen molar-refractivity contribution < 1.29 is 14.3 Å². The van der Waals surface area contributed by atoms with E-state index in [0.717, 1.165) is 15.6 Å². The number of carbonyl (C=O) groups excluding carboxylic acids is 1. The molecule has 0 radical (unpaired) electrons. The van der Waals surface area contributed by atoms with Gasteiger partial charge in [-0.3, -0.25) is 14.2 Å². The maximum atomic E-state index is 13.1. The zero-order valence-corrected chi connectivity index (χ0v) is 17.8. The van der Waals surface area contributed by atoms with Gasteiger partial charge in [-0.05, 0) is 29.8 Å². The molecule has 0 fully saturated rings. The molecular formula is C21H14BrN3O4S. The molecule has 1 N–H and O–H groups in total. The van der Waals surface area contributed by atoms with Crippen LogP contribution >= 0.6 is 27.3 Å². The first-order valence-corrected chi connectivity index (χ1v) is 10.7. The van der Waals surface area contributed by atoms with Crippen molar-refractivity contribution in [2.45, 2.75) is 6.54 Å². The average Bonchev–Trinajstić information content (AvgIpc) is 3.37. The topological polar surface area (TPSA) is 82.5 Å². The first-order valence-electron chi connectivity index (χ1n) is 9.00. The molecule has 0 atom stereocenters. The molecule has 4 aromatic rings. The number of carbonyl (C=O) groups is 1. The monoisotopic (exact) mass is 483 g/mol. The number of fused-ring (bicyclic) bond motifs is 2. The van der Waals surface area contributed by atoms with Crippen LogP contribution in [0.1, 0.15) is 0 Å². The highest BCUT2D eigenvalue weighted by atomic mass is 79.9. The number of benzene rings is 2. The third-order valence-corrected chi connectivity index (χ3v) is 6.10. The van der Waals surface area contributed by atoms with E-state index in [2.05, 4.69) is 26.2 Å². The molecule has 0 spiro atoms. The van der Waals surface area contributed by atoms with Crippen molar-refractivity contribution in [2.24, 2.45) is 0 Å².